The third-order valence-corrected chi connectivity index (χ3v) is 9.87. The van der Waals surface area contributed by atoms with Crippen LogP contribution in [0.25, 0.3) is 0 Å². The van der Waals surface area contributed by atoms with Crippen molar-refractivity contribution in [2.75, 3.05) is 83.5 Å². The predicted molar refractivity (Wildman–Crippen MR) is 200 cm³/mol. The maximum Gasteiger partial charge on any atom is 0.319 e. The normalized spacial score (nSPS) is 14.5. The minimum Gasteiger partial charge on any atom is -0.378 e. The minimum absolute atomic E-state index is 0.0184. The second kappa shape index (κ2) is 20.5. The first-order chi connectivity index (χ1) is 24.6. The number of likely N-dealkylation sites (N-methyl/N-ethyl adjacent to an activating group) is 1. The van der Waals surface area contributed by atoms with Crippen molar-refractivity contribution in [3.8, 4) is 0 Å². The maximum absolute atomic E-state index is 12.8. The minimum atomic E-state index is -3.71. The molecule has 1 aliphatic heterocycles. The zero-order valence-electron chi connectivity index (χ0n) is 28.8. The first-order valence-corrected chi connectivity index (χ1v) is 19.0. The molecular formula is C35H46Cl2N6O7S. The summed E-state index contributed by atoms with van der Waals surface area (Å²) in [5.74, 6) is 0.0184. The van der Waals surface area contributed by atoms with Gasteiger partial charge in [0.25, 0.3) is 0 Å². The molecule has 1 heterocycles. The maximum atomic E-state index is 12.8. The molecule has 5 N–H and O–H groups in total. The van der Waals surface area contributed by atoms with Crippen molar-refractivity contribution in [3.05, 3.63) is 87.4 Å². The van der Waals surface area contributed by atoms with E-state index < -0.39 is 10.0 Å². The molecule has 0 fully saturated rings. The first kappa shape index (κ1) is 40.3. The van der Waals surface area contributed by atoms with Gasteiger partial charge in [0.15, 0.2) is 0 Å². The van der Waals surface area contributed by atoms with E-state index in [1.165, 1.54) is 0 Å². The van der Waals surface area contributed by atoms with Gasteiger partial charge in [-0.1, -0.05) is 42.3 Å². The molecule has 0 aromatic heterocycles. The Morgan fingerprint density at radius 3 is 1.92 bits per heavy atom. The van der Waals surface area contributed by atoms with Gasteiger partial charge < -0.3 is 40.4 Å². The summed E-state index contributed by atoms with van der Waals surface area (Å²) in [5.41, 5.74) is 4.28. The summed E-state index contributed by atoms with van der Waals surface area (Å²) >= 11 is 12.8. The van der Waals surface area contributed by atoms with Crippen molar-refractivity contribution < 1.29 is 32.2 Å². The number of ether oxygens (including phenoxy) is 3. The molecule has 3 aromatic carbocycles. The summed E-state index contributed by atoms with van der Waals surface area (Å²) in [6.07, 6.45) is 0.848. The highest BCUT2D eigenvalue weighted by molar-refractivity contribution is 7.89. The van der Waals surface area contributed by atoms with Crippen molar-refractivity contribution in [1.82, 2.24) is 20.3 Å². The van der Waals surface area contributed by atoms with Crippen molar-refractivity contribution in [3.63, 3.8) is 0 Å². The fourth-order valence-corrected chi connectivity index (χ4v) is 6.93. The van der Waals surface area contributed by atoms with E-state index in [9.17, 15) is 18.0 Å². The Kier molecular flexibility index (Phi) is 16.2. The third kappa shape index (κ3) is 13.2. The van der Waals surface area contributed by atoms with Crippen LogP contribution in [-0.4, -0.2) is 98.2 Å². The number of nitrogens with one attached hydrogen (secondary N) is 5. The van der Waals surface area contributed by atoms with Gasteiger partial charge in [0.1, 0.15) is 0 Å². The molecule has 0 spiro atoms. The molecule has 0 aliphatic carbocycles. The molecule has 1 aliphatic rings. The summed E-state index contributed by atoms with van der Waals surface area (Å²) in [6, 6.07) is 16.7. The average Bonchev–Trinajstić information content (AvgIpc) is 3.10. The molecule has 4 rings (SSSR count). The lowest BCUT2D eigenvalue weighted by molar-refractivity contribution is 0.0165. The number of sulfonamides is 1. The number of carbonyl (C=O) groups is 2. The van der Waals surface area contributed by atoms with Crippen LogP contribution in [0.2, 0.25) is 10.0 Å². The van der Waals surface area contributed by atoms with E-state index >= 15 is 0 Å². The summed E-state index contributed by atoms with van der Waals surface area (Å²) in [6.45, 7) is 6.29. The van der Waals surface area contributed by atoms with Gasteiger partial charge in [-0.25, -0.2) is 22.7 Å². The quantitative estimate of drug-likeness (QED) is 0.104. The van der Waals surface area contributed by atoms with Gasteiger partial charge in [-0.05, 0) is 78.7 Å². The fraction of sp³-hybridized carbons (Fsp3) is 0.429. The topological polar surface area (TPSA) is 159 Å². The fourth-order valence-electron chi connectivity index (χ4n) is 5.35. The largest absolute Gasteiger partial charge is 0.378 e. The number of amides is 4. The molecule has 4 amide bonds. The second-order valence-corrected chi connectivity index (χ2v) is 14.5. The van der Waals surface area contributed by atoms with Gasteiger partial charge in [-0.15, -0.1) is 0 Å². The molecule has 1 unspecified atom stereocenters. The first-order valence-electron chi connectivity index (χ1n) is 16.7. The highest BCUT2D eigenvalue weighted by Gasteiger charge is 2.27. The Hall–Kier alpha value is -3.47. The molecule has 13 nitrogen and oxygen atoms in total. The van der Waals surface area contributed by atoms with Gasteiger partial charge in [-0.3, -0.25) is 0 Å². The van der Waals surface area contributed by atoms with Gasteiger partial charge in [-0.2, -0.15) is 0 Å². The van der Waals surface area contributed by atoms with E-state index in [1.807, 2.05) is 32.2 Å². The predicted octanol–water partition coefficient (Wildman–Crippen LogP) is 5.25. The Morgan fingerprint density at radius 1 is 0.784 bits per heavy atom. The van der Waals surface area contributed by atoms with Gasteiger partial charge in [0, 0.05) is 60.1 Å². The van der Waals surface area contributed by atoms with Crippen LogP contribution in [0.15, 0.2) is 65.6 Å². The van der Waals surface area contributed by atoms with Crippen LogP contribution in [0.5, 0.6) is 0 Å². The number of anilines is 2. The summed E-state index contributed by atoms with van der Waals surface area (Å²) in [4.78, 5) is 26.2. The zero-order chi connectivity index (χ0) is 36.6. The van der Waals surface area contributed by atoms with Gasteiger partial charge >= 0.3 is 12.1 Å². The summed E-state index contributed by atoms with van der Waals surface area (Å²) in [7, 11) is -1.68. The number of urea groups is 2. The Morgan fingerprint density at radius 2 is 1.33 bits per heavy atom. The standard InChI is InChI=1S/C35H46Cl2N6O7S/c1-3-12-38-34(44)41-27-6-8-28(9-7-27)42-35(45)39-13-15-48-17-19-50-20-18-49-16-14-40-51(46,47)29-10-4-25(5-11-29)31-23-43(2)24-32-30(31)21-26(36)22-33(32)37/h4-11,21-22,31,40H,3,12-20,23-24H2,1-2H3,(H2,38,41,44)(H2,39,42,45). The summed E-state index contributed by atoms with van der Waals surface area (Å²) < 4.78 is 44.7. The van der Waals surface area contributed by atoms with E-state index in [0.717, 1.165) is 36.2 Å². The number of carbonyl (C=O) groups excluding carboxylic acids is 2. The number of benzene rings is 3. The highest BCUT2D eigenvalue weighted by atomic mass is 35.5. The molecule has 0 saturated heterocycles. The van der Waals surface area contributed by atoms with E-state index in [2.05, 4.69) is 30.9 Å². The van der Waals surface area contributed by atoms with Crippen molar-refractivity contribution in [2.45, 2.75) is 30.7 Å². The molecule has 0 bridgehead atoms. The smallest absolute Gasteiger partial charge is 0.319 e. The number of hydrogen-bond donors (Lipinski definition) is 5. The van der Waals surface area contributed by atoms with Gasteiger partial charge in [0.05, 0.1) is 44.5 Å². The number of fused-ring (bicyclic) bond motifs is 1. The number of halogens is 2. The molecule has 278 valence electrons. The van der Waals surface area contributed by atoms with E-state index in [1.54, 1.807) is 42.5 Å². The third-order valence-electron chi connectivity index (χ3n) is 7.84. The molecule has 16 heteroatoms. The zero-order valence-corrected chi connectivity index (χ0v) is 31.1. The summed E-state index contributed by atoms with van der Waals surface area (Å²) in [5, 5.41) is 12.1. The lowest BCUT2D eigenvalue weighted by atomic mass is 9.85. The highest BCUT2D eigenvalue weighted by Crippen LogP contribution is 2.38. The van der Waals surface area contributed by atoms with E-state index in [0.29, 0.717) is 67.5 Å². The van der Waals surface area contributed by atoms with Crippen molar-refractivity contribution >= 4 is 56.7 Å². The van der Waals surface area contributed by atoms with Crippen LogP contribution in [0.1, 0.15) is 36.0 Å². The van der Waals surface area contributed by atoms with Crippen LogP contribution in [-0.2, 0) is 30.8 Å². The number of hydrogen-bond acceptors (Lipinski definition) is 8. The number of nitrogens with zero attached hydrogens (tertiary/aromatic N) is 1. The lowest BCUT2D eigenvalue weighted by Gasteiger charge is -2.33. The van der Waals surface area contributed by atoms with Crippen LogP contribution >= 0.6 is 23.2 Å². The molecular weight excluding hydrogens is 719 g/mol. The van der Waals surface area contributed by atoms with Crippen LogP contribution in [0.4, 0.5) is 21.0 Å². The lowest BCUT2D eigenvalue weighted by Crippen LogP contribution is -2.32. The van der Waals surface area contributed by atoms with E-state index in [-0.39, 0.29) is 36.0 Å². The van der Waals surface area contributed by atoms with E-state index in [4.69, 9.17) is 37.4 Å². The Bertz CT molecular complexity index is 1680. The molecule has 3 aromatic rings. The Labute approximate surface area is 309 Å². The van der Waals surface area contributed by atoms with Gasteiger partial charge in [0.2, 0.25) is 10.0 Å². The SMILES string of the molecule is CCCNC(=O)Nc1ccc(NC(=O)NCCOCCOCCOCCNS(=O)(=O)c2ccc(C3CN(C)Cc4c(Cl)cc(Cl)cc43)cc2)cc1. The van der Waals surface area contributed by atoms with Crippen LogP contribution in [0, 0.1) is 0 Å². The molecule has 51 heavy (non-hydrogen) atoms. The second-order valence-electron chi connectivity index (χ2n) is 11.8. The van der Waals surface area contributed by atoms with Crippen LogP contribution < -0.4 is 26.0 Å². The van der Waals surface area contributed by atoms with Crippen molar-refractivity contribution in [2.24, 2.45) is 0 Å². The molecule has 0 radical (unpaired) electrons. The Balaban J connectivity index is 1.02. The average molecular weight is 766 g/mol. The van der Waals surface area contributed by atoms with Crippen LogP contribution in [0.3, 0.4) is 0 Å². The molecule has 1 atom stereocenters. The molecule has 0 saturated carbocycles. The van der Waals surface area contributed by atoms with Crippen molar-refractivity contribution in [1.29, 1.82) is 0 Å². The number of rotatable bonds is 19. The monoisotopic (exact) mass is 764 g/mol.